The van der Waals surface area contributed by atoms with Crippen LogP contribution in [-0.2, 0) is 0 Å². The van der Waals surface area contributed by atoms with E-state index in [-0.39, 0.29) is 0 Å². The zero-order valence-corrected chi connectivity index (χ0v) is 10.7. The van der Waals surface area contributed by atoms with E-state index in [1.807, 2.05) is 7.05 Å². The van der Waals surface area contributed by atoms with E-state index in [0.29, 0.717) is 11.9 Å². The summed E-state index contributed by atoms with van der Waals surface area (Å²) < 4.78 is 0. The summed E-state index contributed by atoms with van der Waals surface area (Å²) in [6, 6.07) is 0. The van der Waals surface area contributed by atoms with Gasteiger partial charge in [0.15, 0.2) is 5.16 Å². The van der Waals surface area contributed by atoms with Crippen molar-refractivity contribution < 1.29 is 0 Å². The Balaban J connectivity index is 2.69. The topological polar surface area (TPSA) is 74.8 Å². The molecular weight excluding hydrogens is 224 g/mol. The largest absolute Gasteiger partial charge is 0.357 e. The van der Waals surface area contributed by atoms with Gasteiger partial charge >= 0.3 is 0 Å². The number of hydrogen-bond donors (Lipinski definition) is 3. The summed E-state index contributed by atoms with van der Waals surface area (Å²) in [6.07, 6.45) is 0. The molecule has 0 aliphatic carbocycles. The fourth-order valence-electron chi connectivity index (χ4n) is 1.04. The molecule has 6 nitrogen and oxygen atoms in total. The monoisotopic (exact) mass is 242 g/mol. The van der Waals surface area contributed by atoms with Crippen molar-refractivity contribution in [1.82, 2.24) is 20.3 Å². The lowest BCUT2D eigenvalue weighted by Crippen LogP contribution is -2.19. The van der Waals surface area contributed by atoms with E-state index in [0.717, 1.165) is 24.0 Å². The molecule has 1 heterocycles. The van der Waals surface area contributed by atoms with Crippen molar-refractivity contribution in [2.75, 3.05) is 43.6 Å². The molecule has 0 saturated heterocycles. The molecule has 0 aliphatic heterocycles. The van der Waals surface area contributed by atoms with Crippen LogP contribution in [0.1, 0.15) is 6.92 Å². The number of thioether (sulfide) groups is 1. The van der Waals surface area contributed by atoms with E-state index in [2.05, 4.69) is 37.8 Å². The Morgan fingerprint density at radius 1 is 1.06 bits per heavy atom. The average Bonchev–Trinajstić information content (AvgIpc) is 2.29. The Labute approximate surface area is 100 Å². The maximum Gasteiger partial charge on any atom is 0.228 e. The van der Waals surface area contributed by atoms with Gasteiger partial charge < -0.3 is 16.0 Å². The molecule has 16 heavy (non-hydrogen) atoms. The third kappa shape index (κ3) is 4.19. The molecule has 3 N–H and O–H groups in total. The molecule has 90 valence electrons. The quantitative estimate of drug-likeness (QED) is 0.479. The van der Waals surface area contributed by atoms with Crippen molar-refractivity contribution in [3.8, 4) is 0 Å². The molecular formula is C9H18N6S. The van der Waals surface area contributed by atoms with Crippen molar-refractivity contribution in [2.24, 2.45) is 0 Å². The van der Waals surface area contributed by atoms with E-state index in [4.69, 9.17) is 0 Å². The molecule has 0 unspecified atom stereocenters. The number of anilines is 2. The second-order valence-electron chi connectivity index (χ2n) is 2.98. The van der Waals surface area contributed by atoms with Crippen LogP contribution < -0.4 is 16.0 Å². The summed E-state index contributed by atoms with van der Waals surface area (Å²) in [7, 11) is 3.71. The standard InChI is InChI=1S/C9H18N6S/c1-4-16-9-14-7(11-3)13-8(15-9)12-6-5-10-2/h10H,4-6H2,1-3H3,(H2,11,12,13,14,15). The molecule has 0 bridgehead atoms. The van der Waals surface area contributed by atoms with Crippen LogP contribution in [0.25, 0.3) is 0 Å². The van der Waals surface area contributed by atoms with Crippen molar-refractivity contribution in [3.05, 3.63) is 0 Å². The minimum absolute atomic E-state index is 0.595. The van der Waals surface area contributed by atoms with Crippen molar-refractivity contribution >= 4 is 23.7 Å². The number of nitrogens with zero attached hydrogens (tertiary/aromatic N) is 3. The second-order valence-corrected chi connectivity index (χ2v) is 4.21. The highest BCUT2D eigenvalue weighted by molar-refractivity contribution is 7.99. The van der Waals surface area contributed by atoms with Gasteiger partial charge in [-0.25, -0.2) is 0 Å². The number of likely N-dealkylation sites (N-methyl/N-ethyl adjacent to an activating group) is 1. The molecule has 0 radical (unpaired) electrons. The molecule has 0 amide bonds. The summed E-state index contributed by atoms with van der Waals surface area (Å²) >= 11 is 1.60. The molecule has 0 atom stereocenters. The van der Waals surface area contributed by atoms with E-state index in [9.17, 15) is 0 Å². The summed E-state index contributed by atoms with van der Waals surface area (Å²) in [5.41, 5.74) is 0. The Kier molecular flexibility index (Phi) is 5.87. The Morgan fingerprint density at radius 3 is 2.44 bits per heavy atom. The van der Waals surface area contributed by atoms with Gasteiger partial charge in [0, 0.05) is 20.1 Å². The minimum Gasteiger partial charge on any atom is -0.357 e. The van der Waals surface area contributed by atoms with Crippen LogP contribution in [0.15, 0.2) is 5.16 Å². The van der Waals surface area contributed by atoms with Gasteiger partial charge in [0.1, 0.15) is 0 Å². The molecule has 0 spiro atoms. The van der Waals surface area contributed by atoms with E-state index in [1.165, 1.54) is 0 Å². The molecule has 1 aromatic heterocycles. The number of aromatic nitrogens is 3. The summed E-state index contributed by atoms with van der Waals surface area (Å²) in [5.74, 6) is 2.16. The molecule has 7 heteroatoms. The molecule has 0 aromatic carbocycles. The zero-order valence-electron chi connectivity index (χ0n) is 9.87. The third-order valence-electron chi connectivity index (χ3n) is 1.77. The van der Waals surface area contributed by atoms with Crippen LogP contribution >= 0.6 is 11.8 Å². The Morgan fingerprint density at radius 2 is 1.81 bits per heavy atom. The minimum atomic E-state index is 0.595. The SMILES string of the molecule is CCSc1nc(NC)nc(NCCNC)n1. The average molecular weight is 242 g/mol. The fourth-order valence-corrected chi connectivity index (χ4v) is 1.60. The van der Waals surface area contributed by atoms with Crippen molar-refractivity contribution in [2.45, 2.75) is 12.1 Å². The predicted molar refractivity (Wildman–Crippen MR) is 68.2 cm³/mol. The normalized spacial score (nSPS) is 10.2. The Hall–Kier alpha value is -1.08. The third-order valence-corrected chi connectivity index (χ3v) is 2.50. The Bertz CT molecular complexity index is 319. The maximum absolute atomic E-state index is 4.30. The summed E-state index contributed by atoms with van der Waals surface area (Å²) in [6.45, 7) is 3.73. The van der Waals surface area contributed by atoms with Crippen molar-refractivity contribution in [1.29, 1.82) is 0 Å². The lowest BCUT2D eigenvalue weighted by Gasteiger charge is -2.07. The molecule has 1 aromatic rings. The van der Waals surface area contributed by atoms with Crippen LogP contribution in [0.2, 0.25) is 0 Å². The van der Waals surface area contributed by atoms with Crippen LogP contribution in [0.4, 0.5) is 11.9 Å². The van der Waals surface area contributed by atoms with Gasteiger partial charge in [-0.1, -0.05) is 18.7 Å². The van der Waals surface area contributed by atoms with Crippen LogP contribution in [-0.4, -0.2) is 47.9 Å². The number of nitrogens with one attached hydrogen (secondary N) is 3. The highest BCUT2D eigenvalue weighted by atomic mass is 32.2. The van der Waals surface area contributed by atoms with E-state index in [1.54, 1.807) is 18.8 Å². The smallest absolute Gasteiger partial charge is 0.228 e. The highest BCUT2D eigenvalue weighted by Gasteiger charge is 2.04. The summed E-state index contributed by atoms with van der Waals surface area (Å²) in [4.78, 5) is 12.8. The lowest BCUT2D eigenvalue weighted by atomic mass is 10.6. The molecule has 0 fully saturated rings. The highest BCUT2D eigenvalue weighted by Crippen LogP contribution is 2.15. The zero-order chi connectivity index (χ0) is 11.8. The first-order valence-corrected chi connectivity index (χ1v) is 6.23. The lowest BCUT2D eigenvalue weighted by molar-refractivity contribution is 0.809. The maximum atomic E-state index is 4.30. The molecule has 1 rings (SSSR count). The molecule has 0 aliphatic rings. The van der Waals surface area contributed by atoms with Crippen LogP contribution in [0, 0.1) is 0 Å². The first-order chi connectivity index (χ1) is 7.80. The van der Waals surface area contributed by atoms with Crippen LogP contribution in [0.3, 0.4) is 0 Å². The van der Waals surface area contributed by atoms with Gasteiger partial charge in [0.25, 0.3) is 0 Å². The number of hydrogen-bond acceptors (Lipinski definition) is 7. The van der Waals surface area contributed by atoms with Gasteiger partial charge in [0.2, 0.25) is 11.9 Å². The summed E-state index contributed by atoms with van der Waals surface area (Å²) in [5, 5.41) is 9.86. The molecule has 0 saturated carbocycles. The first-order valence-electron chi connectivity index (χ1n) is 5.25. The van der Waals surface area contributed by atoms with Gasteiger partial charge in [0.05, 0.1) is 0 Å². The van der Waals surface area contributed by atoms with Crippen molar-refractivity contribution in [3.63, 3.8) is 0 Å². The fraction of sp³-hybridized carbons (Fsp3) is 0.667. The van der Waals surface area contributed by atoms with Gasteiger partial charge in [-0.3, -0.25) is 0 Å². The van der Waals surface area contributed by atoms with Gasteiger partial charge in [-0.15, -0.1) is 0 Å². The number of rotatable bonds is 7. The first kappa shape index (κ1) is 13.0. The predicted octanol–water partition coefficient (Wildman–Crippen LogP) is 0.657. The van der Waals surface area contributed by atoms with Gasteiger partial charge in [-0.2, -0.15) is 15.0 Å². The van der Waals surface area contributed by atoms with Gasteiger partial charge in [-0.05, 0) is 12.8 Å². The van der Waals surface area contributed by atoms with Crippen LogP contribution in [0.5, 0.6) is 0 Å². The van der Waals surface area contributed by atoms with E-state index >= 15 is 0 Å². The second kappa shape index (κ2) is 7.24. The van der Waals surface area contributed by atoms with E-state index < -0.39 is 0 Å².